The first kappa shape index (κ1) is 20.8. The molecule has 0 aliphatic heterocycles. The highest BCUT2D eigenvalue weighted by Gasteiger charge is 2.38. The van der Waals surface area contributed by atoms with Crippen LogP contribution in [-0.2, 0) is 10.4 Å². The summed E-state index contributed by atoms with van der Waals surface area (Å²) in [5, 5.41) is 0. The van der Waals surface area contributed by atoms with Crippen molar-refractivity contribution in [1.29, 1.82) is 0 Å². The van der Waals surface area contributed by atoms with Crippen LogP contribution in [0, 0.1) is 0 Å². The van der Waals surface area contributed by atoms with Gasteiger partial charge in [0.25, 0.3) is 5.91 Å². The molecule has 146 valence electrons. The minimum atomic E-state index is -1.24. The van der Waals surface area contributed by atoms with Crippen molar-refractivity contribution in [1.82, 2.24) is 0 Å². The number of primary amides is 1. The Morgan fingerprint density at radius 3 is 2.07 bits per heavy atom. The van der Waals surface area contributed by atoms with Gasteiger partial charge in [0.15, 0.2) is 0 Å². The summed E-state index contributed by atoms with van der Waals surface area (Å²) in [6, 6.07) is 17.3. The van der Waals surface area contributed by atoms with Crippen LogP contribution in [0.5, 0.6) is 5.75 Å². The monoisotopic (exact) mass is 368 g/mol. The van der Waals surface area contributed by atoms with Crippen LogP contribution in [0.4, 0.5) is 5.69 Å². The van der Waals surface area contributed by atoms with E-state index in [0.717, 1.165) is 50.0 Å². The molecule has 0 aromatic heterocycles. The summed E-state index contributed by atoms with van der Waals surface area (Å²) in [5.41, 5.74) is 6.43. The Morgan fingerprint density at radius 1 is 0.963 bits per heavy atom. The lowest BCUT2D eigenvalue weighted by molar-refractivity contribution is -0.132. The molecule has 0 bridgehead atoms. The minimum absolute atomic E-state index is 0.496. The number of nitrogens with two attached hydrogens (primary N) is 1. The molecule has 1 atom stereocenters. The van der Waals surface area contributed by atoms with Crippen molar-refractivity contribution in [3.63, 3.8) is 0 Å². The third kappa shape index (κ3) is 5.25. The van der Waals surface area contributed by atoms with Gasteiger partial charge < -0.3 is 15.4 Å². The van der Waals surface area contributed by atoms with E-state index in [1.807, 2.05) is 48.5 Å². The van der Waals surface area contributed by atoms with Crippen LogP contribution in [0.3, 0.4) is 0 Å². The Balaban J connectivity index is 2.45. The van der Waals surface area contributed by atoms with Crippen LogP contribution in [0.25, 0.3) is 0 Å². The number of rotatable bonds is 11. The number of unbranched alkanes of at least 4 members (excludes halogenated alkanes) is 2. The predicted octanol–water partition coefficient (Wildman–Crippen LogP) is 4.87. The van der Waals surface area contributed by atoms with Crippen LogP contribution in [0.2, 0.25) is 0 Å². The molecule has 0 saturated heterocycles. The fraction of sp³-hybridized carbons (Fsp3) is 0.435. The molecule has 2 aromatic rings. The molecule has 0 heterocycles. The Hall–Kier alpha value is -2.49. The van der Waals surface area contributed by atoms with Gasteiger partial charge in [0.2, 0.25) is 5.60 Å². The zero-order valence-corrected chi connectivity index (χ0v) is 16.8. The fourth-order valence-electron chi connectivity index (χ4n) is 3.17. The van der Waals surface area contributed by atoms with Gasteiger partial charge in [-0.25, -0.2) is 0 Å². The van der Waals surface area contributed by atoms with E-state index < -0.39 is 11.5 Å². The van der Waals surface area contributed by atoms with E-state index in [1.165, 1.54) is 0 Å². The Labute approximate surface area is 163 Å². The third-order valence-electron chi connectivity index (χ3n) is 4.86. The summed E-state index contributed by atoms with van der Waals surface area (Å²) in [7, 11) is 0. The largest absolute Gasteiger partial charge is 0.473 e. The van der Waals surface area contributed by atoms with E-state index in [2.05, 4.69) is 24.8 Å². The molecule has 0 spiro atoms. The van der Waals surface area contributed by atoms with Crippen molar-refractivity contribution in [3.05, 3.63) is 60.2 Å². The number of ether oxygens (including phenoxy) is 1. The number of carbonyl (C=O) groups is 1. The molecule has 2 rings (SSSR count). The lowest BCUT2D eigenvalue weighted by Crippen LogP contribution is -2.45. The topological polar surface area (TPSA) is 55.6 Å². The molecular weight excluding hydrogens is 336 g/mol. The molecule has 27 heavy (non-hydrogen) atoms. The molecular formula is C23H32N2O2. The van der Waals surface area contributed by atoms with Gasteiger partial charge in [0.05, 0.1) is 0 Å². The summed E-state index contributed by atoms with van der Waals surface area (Å²) in [4.78, 5) is 14.9. The SMILES string of the molecule is CCCCN(CCCC)c1ccccc1C(C)(Oc1ccccc1)C(N)=O. The number of para-hydroxylation sites is 2. The molecule has 0 aliphatic rings. The van der Waals surface area contributed by atoms with Gasteiger partial charge in [-0.05, 0) is 38.0 Å². The molecule has 0 saturated carbocycles. The summed E-state index contributed by atoms with van der Waals surface area (Å²) >= 11 is 0. The highest BCUT2D eigenvalue weighted by Crippen LogP contribution is 2.35. The zero-order chi connectivity index (χ0) is 19.7. The summed E-state index contributed by atoms with van der Waals surface area (Å²) in [6.45, 7) is 8.05. The van der Waals surface area contributed by atoms with Gasteiger partial charge in [-0.1, -0.05) is 63.1 Å². The molecule has 2 N–H and O–H groups in total. The van der Waals surface area contributed by atoms with Gasteiger partial charge in [-0.2, -0.15) is 0 Å². The number of hydrogen-bond acceptors (Lipinski definition) is 3. The molecule has 1 unspecified atom stereocenters. The Kier molecular flexibility index (Phi) is 7.71. The zero-order valence-electron chi connectivity index (χ0n) is 16.8. The summed E-state index contributed by atoms with van der Waals surface area (Å²) < 4.78 is 6.15. The summed E-state index contributed by atoms with van der Waals surface area (Å²) in [6.07, 6.45) is 4.45. The van der Waals surface area contributed by atoms with E-state index in [0.29, 0.717) is 5.75 Å². The first-order chi connectivity index (χ1) is 13.0. The average molecular weight is 369 g/mol. The second-order valence-corrected chi connectivity index (χ2v) is 7.02. The van der Waals surface area contributed by atoms with Crippen molar-refractivity contribution in [2.45, 2.75) is 52.1 Å². The van der Waals surface area contributed by atoms with E-state index in [-0.39, 0.29) is 0 Å². The smallest absolute Gasteiger partial charge is 0.266 e. The second kappa shape index (κ2) is 10.0. The van der Waals surface area contributed by atoms with Crippen LogP contribution < -0.4 is 15.4 Å². The lowest BCUT2D eigenvalue weighted by atomic mass is 9.92. The number of hydrogen-bond donors (Lipinski definition) is 1. The number of benzene rings is 2. The number of carbonyl (C=O) groups excluding carboxylic acids is 1. The Morgan fingerprint density at radius 2 is 1.52 bits per heavy atom. The number of anilines is 1. The Bertz CT molecular complexity index is 709. The van der Waals surface area contributed by atoms with Crippen molar-refractivity contribution >= 4 is 11.6 Å². The number of amides is 1. The second-order valence-electron chi connectivity index (χ2n) is 7.02. The standard InChI is InChI=1S/C23H32N2O2/c1-4-6-17-25(18-7-5-2)21-16-12-11-15-20(21)23(3,22(24)26)27-19-13-9-8-10-14-19/h8-16H,4-7,17-18H2,1-3H3,(H2,24,26). The van der Waals surface area contributed by atoms with Gasteiger partial charge in [-0.3, -0.25) is 4.79 Å². The van der Waals surface area contributed by atoms with E-state index in [1.54, 1.807) is 6.92 Å². The van der Waals surface area contributed by atoms with Gasteiger partial charge in [0, 0.05) is 24.3 Å². The first-order valence-corrected chi connectivity index (χ1v) is 9.91. The van der Waals surface area contributed by atoms with E-state index in [9.17, 15) is 4.79 Å². The van der Waals surface area contributed by atoms with Gasteiger partial charge in [-0.15, -0.1) is 0 Å². The number of nitrogens with zero attached hydrogens (tertiary/aromatic N) is 1. The average Bonchev–Trinajstić information content (AvgIpc) is 2.69. The fourth-order valence-corrected chi connectivity index (χ4v) is 3.17. The van der Waals surface area contributed by atoms with Crippen LogP contribution in [0.1, 0.15) is 52.0 Å². The van der Waals surface area contributed by atoms with Crippen molar-refractivity contribution < 1.29 is 9.53 Å². The van der Waals surface area contributed by atoms with Crippen LogP contribution in [0.15, 0.2) is 54.6 Å². The quantitative estimate of drug-likeness (QED) is 0.615. The van der Waals surface area contributed by atoms with E-state index in [4.69, 9.17) is 10.5 Å². The van der Waals surface area contributed by atoms with Crippen molar-refractivity contribution in [2.24, 2.45) is 5.73 Å². The van der Waals surface area contributed by atoms with Crippen molar-refractivity contribution in [2.75, 3.05) is 18.0 Å². The maximum atomic E-state index is 12.5. The van der Waals surface area contributed by atoms with Crippen molar-refractivity contribution in [3.8, 4) is 5.75 Å². The first-order valence-electron chi connectivity index (χ1n) is 9.91. The molecule has 1 amide bonds. The maximum Gasteiger partial charge on any atom is 0.266 e. The molecule has 2 aromatic carbocycles. The molecule has 4 heteroatoms. The normalized spacial score (nSPS) is 13.0. The van der Waals surface area contributed by atoms with Gasteiger partial charge in [0.1, 0.15) is 5.75 Å². The highest BCUT2D eigenvalue weighted by atomic mass is 16.5. The minimum Gasteiger partial charge on any atom is -0.473 e. The van der Waals surface area contributed by atoms with Crippen LogP contribution in [-0.4, -0.2) is 19.0 Å². The van der Waals surface area contributed by atoms with Gasteiger partial charge >= 0.3 is 0 Å². The third-order valence-corrected chi connectivity index (χ3v) is 4.86. The molecule has 0 radical (unpaired) electrons. The summed E-state index contributed by atoms with van der Waals surface area (Å²) in [5.74, 6) is 0.131. The molecule has 0 aliphatic carbocycles. The van der Waals surface area contributed by atoms with Crippen LogP contribution >= 0.6 is 0 Å². The maximum absolute atomic E-state index is 12.5. The molecule has 0 fully saturated rings. The molecule has 4 nitrogen and oxygen atoms in total. The lowest BCUT2D eigenvalue weighted by Gasteiger charge is -2.34. The van der Waals surface area contributed by atoms with E-state index >= 15 is 0 Å². The highest BCUT2D eigenvalue weighted by molar-refractivity contribution is 5.87. The predicted molar refractivity (Wildman–Crippen MR) is 112 cm³/mol.